The van der Waals surface area contributed by atoms with Crippen LogP contribution in [-0.4, -0.2) is 23.5 Å². The van der Waals surface area contributed by atoms with Crippen LogP contribution in [0, 0.1) is 0 Å². The molecule has 1 aromatic rings. The summed E-state index contributed by atoms with van der Waals surface area (Å²) in [5.41, 5.74) is 1.44. The number of esters is 1. The number of benzene rings is 1. The quantitative estimate of drug-likeness (QED) is 0.353. The van der Waals surface area contributed by atoms with Gasteiger partial charge in [-0.25, -0.2) is 0 Å². The molecule has 0 aliphatic heterocycles. The summed E-state index contributed by atoms with van der Waals surface area (Å²) in [7, 11) is 0. The smallest absolute Gasteiger partial charge is 0.303 e. The Morgan fingerprint density at radius 1 is 1.40 bits per heavy atom. The number of carbonyl (C=O) groups excluding carboxylic acids is 1. The molecule has 4 nitrogen and oxygen atoms in total. The molecule has 0 saturated carbocycles. The molecule has 80 valence electrons. The van der Waals surface area contributed by atoms with Gasteiger partial charge in [0.05, 0.1) is 5.71 Å². The van der Waals surface area contributed by atoms with Gasteiger partial charge in [-0.15, -0.1) is 0 Å². The summed E-state index contributed by atoms with van der Waals surface area (Å²) in [5.74, 6) is -0.385. The van der Waals surface area contributed by atoms with E-state index >= 15 is 0 Å². The summed E-state index contributed by atoms with van der Waals surface area (Å²) < 4.78 is 4.74. The minimum absolute atomic E-state index is 0.0285. The molecule has 0 aromatic heterocycles. The third kappa shape index (κ3) is 4.26. The second kappa shape index (κ2) is 5.80. The number of hydrogen-bond donors (Lipinski definition) is 1. The summed E-state index contributed by atoms with van der Waals surface area (Å²) in [6, 6.07) is 9.54. The van der Waals surface area contributed by atoms with E-state index in [0.717, 1.165) is 5.56 Å². The van der Waals surface area contributed by atoms with E-state index in [4.69, 9.17) is 9.94 Å². The Kier molecular flexibility index (Phi) is 4.34. The van der Waals surface area contributed by atoms with Crippen molar-refractivity contribution >= 4 is 11.7 Å². The largest absolute Gasteiger partial charge is 0.460 e. The van der Waals surface area contributed by atoms with E-state index in [1.165, 1.54) is 6.92 Å². The lowest BCUT2D eigenvalue weighted by atomic mass is 10.1. The van der Waals surface area contributed by atoms with Crippen molar-refractivity contribution in [3.63, 3.8) is 0 Å². The van der Waals surface area contributed by atoms with Crippen LogP contribution in [-0.2, 0) is 16.0 Å². The van der Waals surface area contributed by atoms with Gasteiger partial charge in [0, 0.05) is 13.3 Å². The summed E-state index contributed by atoms with van der Waals surface area (Å²) in [6.45, 7) is 1.35. The Bertz CT molecular complexity index is 346. The first kappa shape index (κ1) is 11.2. The van der Waals surface area contributed by atoms with Crippen LogP contribution in [0.15, 0.2) is 35.5 Å². The van der Waals surface area contributed by atoms with Gasteiger partial charge in [0.1, 0.15) is 6.61 Å². The minimum Gasteiger partial charge on any atom is -0.460 e. The first-order chi connectivity index (χ1) is 7.22. The molecule has 1 rings (SSSR count). The summed E-state index contributed by atoms with van der Waals surface area (Å²) >= 11 is 0. The van der Waals surface area contributed by atoms with Crippen LogP contribution in [0.25, 0.3) is 0 Å². The molecule has 0 saturated heterocycles. The van der Waals surface area contributed by atoms with Crippen LogP contribution >= 0.6 is 0 Å². The van der Waals surface area contributed by atoms with Crippen LogP contribution in [0.1, 0.15) is 12.5 Å². The fraction of sp³-hybridized carbons (Fsp3) is 0.273. The Balaban J connectivity index is 2.52. The number of carbonyl (C=O) groups is 1. The lowest BCUT2D eigenvalue weighted by Gasteiger charge is -2.04. The highest BCUT2D eigenvalue weighted by atomic mass is 16.5. The second-order valence-corrected chi connectivity index (χ2v) is 3.11. The van der Waals surface area contributed by atoms with Crippen LogP contribution in [0.5, 0.6) is 0 Å². The molecule has 0 atom stereocenters. The first-order valence-corrected chi connectivity index (χ1v) is 4.59. The second-order valence-electron chi connectivity index (χ2n) is 3.11. The maximum atomic E-state index is 10.6. The van der Waals surface area contributed by atoms with Crippen LogP contribution < -0.4 is 0 Å². The molecule has 15 heavy (non-hydrogen) atoms. The number of hydrogen-bond acceptors (Lipinski definition) is 4. The number of ether oxygens (including phenoxy) is 1. The van der Waals surface area contributed by atoms with E-state index in [-0.39, 0.29) is 12.6 Å². The average Bonchev–Trinajstić information content (AvgIpc) is 2.25. The molecule has 0 spiro atoms. The van der Waals surface area contributed by atoms with Crippen molar-refractivity contribution in [2.45, 2.75) is 13.3 Å². The van der Waals surface area contributed by atoms with Gasteiger partial charge < -0.3 is 9.94 Å². The van der Waals surface area contributed by atoms with Crippen molar-refractivity contribution in [2.24, 2.45) is 5.16 Å². The van der Waals surface area contributed by atoms with Crippen molar-refractivity contribution in [1.82, 2.24) is 0 Å². The fourth-order valence-electron chi connectivity index (χ4n) is 1.13. The van der Waals surface area contributed by atoms with E-state index in [1.54, 1.807) is 0 Å². The highest BCUT2D eigenvalue weighted by Crippen LogP contribution is 2.01. The predicted octanol–water partition coefficient (Wildman–Crippen LogP) is 1.62. The molecular formula is C11H13NO3. The predicted molar refractivity (Wildman–Crippen MR) is 56.0 cm³/mol. The Hall–Kier alpha value is -1.84. The van der Waals surface area contributed by atoms with Crippen molar-refractivity contribution < 1.29 is 14.7 Å². The SMILES string of the molecule is CC(=O)OCC(Cc1ccccc1)=NO. The van der Waals surface area contributed by atoms with Crippen molar-refractivity contribution in [2.75, 3.05) is 6.61 Å². The molecule has 1 aromatic carbocycles. The summed E-state index contributed by atoms with van der Waals surface area (Å²) in [6.07, 6.45) is 0.477. The van der Waals surface area contributed by atoms with E-state index in [9.17, 15) is 4.79 Å². The number of rotatable bonds is 4. The minimum atomic E-state index is -0.385. The van der Waals surface area contributed by atoms with Gasteiger partial charge in [-0.2, -0.15) is 0 Å². The molecule has 0 aliphatic rings. The van der Waals surface area contributed by atoms with E-state index in [2.05, 4.69) is 5.16 Å². The molecule has 0 heterocycles. The highest BCUT2D eigenvalue weighted by Gasteiger charge is 2.04. The lowest BCUT2D eigenvalue weighted by molar-refractivity contribution is -0.139. The van der Waals surface area contributed by atoms with Crippen molar-refractivity contribution in [3.8, 4) is 0 Å². The number of oxime groups is 1. The summed E-state index contributed by atoms with van der Waals surface area (Å²) in [5, 5.41) is 11.8. The molecular weight excluding hydrogens is 194 g/mol. The van der Waals surface area contributed by atoms with Crippen LogP contribution in [0.4, 0.5) is 0 Å². The third-order valence-electron chi connectivity index (χ3n) is 1.83. The standard InChI is InChI=1S/C11H13NO3/c1-9(13)15-8-11(12-14)7-10-5-3-2-4-6-10/h2-6,14H,7-8H2,1H3. The molecule has 0 bridgehead atoms. The van der Waals surface area contributed by atoms with Crippen molar-refractivity contribution in [1.29, 1.82) is 0 Å². The molecule has 0 amide bonds. The van der Waals surface area contributed by atoms with Gasteiger partial charge >= 0.3 is 5.97 Å². The first-order valence-electron chi connectivity index (χ1n) is 4.59. The van der Waals surface area contributed by atoms with Gasteiger partial charge in [0.25, 0.3) is 0 Å². The average molecular weight is 207 g/mol. The molecule has 0 fully saturated rings. The maximum absolute atomic E-state index is 10.6. The molecule has 4 heteroatoms. The molecule has 0 unspecified atom stereocenters. The van der Waals surface area contributed by atoms with Gasteiger partial charge in [-0.3, -0.25) is 4.79 Å². The zero-order valence-corrected chi connectivity index (χ0v) is 8.51. The Labute approximate surface area is 88.2 Å². The monoisotopic (exact) mass is 207 g/mol. The molecule has 0 radical (unpaired) electrons. The van der Waals surface area contributed by atoms with Gasteiger partial charge in [-0.1, -0.05) is 35.5 Å². The van der Waals surface area contributed by atoms with E-state index < -0.39 is 0 Å². The van der Waals surface area contributed by atoms with E-state index in [0.29, 0.717) is 12.1 Å². The topological polar surface area (TPSA) is 58.9 Å². The molecule has 0 aliphatic carbocycles. The summed E-state index contributed by atoms with van der Waals surface area (Å²) in [4.78, 5) is 10.6. The zero-order chi connectivity index (χ0) is 11.1. The fourth-order valence-corrected chi connectivity index (χ4v) is 1.13. The van der Waals surface area contributed by atoms with E-state index in [1.807, 2.05) is 30.3 Å². The normalized spacial score (nSPS) is 11.1. The highest BCUT2D eigenvalue weighted by molar-refractivity contribution is 5.88. The Morgan fingerprint density at radius 3 is 2.60 bits per heavy atom. The lowest BCUT2D eigenvalue weighted by Crippen LogP contribution is -2.14. The zero-order valence-electron chi connectivity index (χ0n) is 8.51. The van der Waals surface area contributed by atoms with Gasteiger partial charge in [0.15, 0.2) is 0 Å². The van der Waals surface area contributed by atoms with Crippen LogP contribution in [0.2, 0.25) is 0 Å². The van der Waals surface area contributed by atoms with Gasteiger partial charge in [0.2, 0.25) is 0 Å². The van der Waals surface area contributed by atoms with Crippen LogP contribution in [0.3, 0.4) is 0 Å². The molecule has 1 N–H and O–H groups in total. The third-order valence-corrected chi connectivity index (χ3v) is 1.83. The maximum Gasteiger partial charge on any atom is 0.303 e. The Morgan fingerprint density at radius 2 is 2.07 bits per heavy atom. The van der Waals surface area contributed by atoms with Crippen molar-refractivity contribution in [3.05, 3.63) is 35.9 Å². The number of nitrogens with zero attached hydrogens (tertiary/aromatic N) is 1. The van der Waals surface area contributed by atoms with Gasteiger partial charge in [-0.05, 0) is 5.56 Å².